The van der Waals surface area contributed by atoms with E-state index in [0.29, 0.717) is 13.2 Å². The van der Waals surface area contributed by atoms with Gasteiger partial charge in [-0.3, -0.25) is 4.98 Å². The molecule has 0 fully saturated rings. The molecule has 1 aromatic heterocycles. The number of pyridine rings is 1. The molecule has 0 bridgehead atoms. The first-order valence-electron chi connectivity index (χ1n) is 5.01. The van der Waals surface area contributed by atoms with Crippen molar-refractivity contribution in [3.05, 3.63) is 29.6 Å². The molecule has 1 aromatic rings. The summed E-state index contributed by atoms with van der Waals surface area (Å²) in [4.78, 5) is 4.02. The molecule has 1 unspecified atom stereocenters. The summed E-state index contributed by atoms with van der Waals surface area (Å²) < 4.78 is 4.83. The highest BCUT2D eigenvalue weighted by atomic mass is 16.5. The van der Waals surface area contributed by atoms with Crippen LogP contribution in [0.25, 0.3) is 0 Å². The molecule has 0 amide bonds. The quantitative estimate of drug-likeness (QED) is 0.717. The minimum Gasteiger partial charge on any atom is -0.389 e. The van der Waals surface area contributed by atoms with Crippen LogP contribution in [0, 0.1) is 6.92 Å². The smallest absolute Gasteiger partial charge is 0.0897 e. The number of aliphatic hydroxyl groups is 1. The lowest BCUT2D eigenvalue weighted by Gasteiger charge is -2.11. The summed E-state index contributed by atoms with van der Waals surface area (Å²) >= 11 is 0. The van der Waals surface area contributed by atoms with Gasteiger partial charge in [-0.2, -0.15) is 0 Å². The molecule has 0 spiro atoms. The zero-order chi connectivity index (χ0) is 11.1. The normalized spacial score (nSPS) is 12.7. The molecule has 0 aliphatic heterocycles. The average molecular weight is 210 g/mol. The SMILES string of the molecule is COCC(O)CNCc1ccncc1C. The lowest BCUT2D eigenvalue weighted by molar-refractivity contribution is 0.0644. The van der Waals surface area contributed by atoms with Crippen molar-refractivity contribution >= 4 is 0 Å². The van der Waals surface area contributed by atoms with Crippen LogP contribution in [0.3, 0.4) is 0 Å². The maximum Gasteiger partial charge on any atom is 0.0897 e. The predicted molar refractivity (Wildman–Crippen MR) is 58.6 cm³/mol. The molecule has 0 aliphatic carbocycles. The number of hydrogen-bond donors (Lipinski definition) is 2. The van der Waals surface area contributed by atoms with E-state index >= 15 is 0 Å². The van der Waals surface area contributed by atoms with Crippen LogP contribution in [0.15, 0.2) is 18.5 Å². The standard InChI is InChI=1S/C11H18N2O2/c1-9-5-12-4-3-10(9)6-13-7-11(14)8-15-2/h3-5,11,13-14H,6-8H2,1-2H3. The average Bonchev–Trinajstić information content (AvgIpc) is 2.21. The van der Waals surface area contributed by atoms with Gasteiger partial charge in [-0.05, 0) is 24.1 Å². The molecule has 1 rings (SSSR count). The molecule has 0 saturated heterocycles. The second-order valence-electron chi connectivity index (χ2n) is 3.54. The number of aryl methyl sites for hydroxylation is 1. The van der Waals surface area contributed by atoms with Gasteiger partial charge in [0.05, 0.1) is 12.7 Å². The van der Waals surface area contributed by atoms with Crippen molar-refractivity contribution < 1.29 is 9.84 Å². The van der Waals surface area contributed by atoms with E-state index in [2.05, 4.69) is 10.3 Å². The third-order valence-electron chi connectivity index (χ3n) is 2.19. The highest BCUT2D eigenvalue weighted by molar-refractivity contribution is 5.21. The first-order valence-corrected chi connectivity index (χ1v) is 5.01. The van der Waals surface area contributed by atoms with Gasteiger partial charge in [-0.25, -0.2) is 0 Å². The molecular formula is C11H18N2O2. The summed E-state index contributed by atoms with van der Waals surface area (Å²) in [7, 11) is 1.58. The Morgan fingerprint density at radius 3 is 3.07 bits per heavy atom. The number of ether oxygens (including phenoxy) is 1. The van der Waals surface area contributed by atoms with Crippen LogP contribution in [0.2, 0.25) is 0 Å². The Bertz CT molecular complexity index is 292. The molecule has 0 radical (unpaired) electrons. The van der Waals surface area contributed by atoms with Crippen molar-refractivity contribution in [3.63, 3.8) is 0 Å². The van der Waals surface area contributed by atoms with E-state index < -0.39 is 6.10 Å². The zero-order valence-corrected chi connectivity index (χ0v) is 9.23. The Kier molecular flexibility index (Phi) is 5.25. The Morgan fingerprint density at radius 1 is 1.60 bits per heavy atom. The van der Waals surface area contributed by atoms with E-state index in [1.54, 1.807) is 13.3 Å². The first kappa shape index (κ1) is 12.1. The molecule has 4 nitrogen and oxygen atoms in total. The van der Waals surface area contributed by atoms with Gasteiger partial charge in [0.25, 0.3) is 0 Å². The molecule has 2 N–H and O–H groups in total. The maximum absolute atomic E-state index is 9.40. The molecule has 1 heterocycles. The van der Waals surface area contributed by atoms with Crippen molar-refractivity contribution in [2.24, 2.45) is 0 Å². The zero-order valence-electron chi connectivity index (χ0n) is 9.23. The van der Waals surface area contributed by atoms with Crippen LogP contribution < -0.4 is 5.32 Å². The third kappa shape index (κ3) is 4.38. The third-order valence-corrected chi connectivity index (χ3v) is 2.19. The van der Waals surface area contributed by atoms with Gasteiger partial charge in [0, 0.05) is 32.6 Å². The molecule has 0 saturated carbocycles. The number of hydrogen-bond acceptors (Lipinski definition) is 4. The Hall–Kier alpha value is -0.970. The van der Waals surface area contributed by atoms with Crippen LogP contribution in [0.4, 0.5) is 0 Å². The number of aromatic nitrogens is 1. The van der Waals surface area contributed by atoms with Gasteiger partial charge < -0.3 is 15.2 Å². The minimum absolute atomic E-state index is 0.363. The van der Waals surface area contributed by atoms with Crippen molar-refractivity contribution in [2.45, 2.75) is 19.6 Å². The predicted octanol–water partition coefficient (Wildman–Crippen LogP) is 0.487. The summed E-state index contributed by atoms with van der Waals surface area (Å²) in [6.07, 6.45) is 3.16. The van der Waals surface area contributed by atoms with Crippen LogP contribution in [0.5, 0.6) is 0 Å². The van der Waals surface area contributed by atoms with Crippen LogP contribution in [0.1, 0.15) is 11.1 Å². The minimum atomic E-state index is -0.447. The second kappa shape index (κ2) is 6.50. The van der Waals surface area contributed by atoms with E-state index in [0.717, 1.165) is 12.1 Å². The van der Waals surface area contributed by atoms with Crippen LogP contribution in [-0.2, 0) is 11.3 Å². The Morgan fingerprint density at radius 2 is 2.40 bits per heavy atom. The monoisotopic (exact) mass is 210 g/mol. The number of rotatable bonds is 6. The summed E-state index contributed by atoms with van der Waals surface area (Å²) in [5.74, 6) is 0. The van der Waals surface area contributed by atoms with Gasteiger partial charge in [0.2, 0.25) is 0 Å². The topological polar surface area (TPSA) is 54.4 Å². The van der Waals surface area contributed by atoms with Gasteiger partial charge in [0.1, 0.15) is 0 Å². The van der Waals surface area contributed by atoms with E-state index in [-0.39, 0.29) is 0 Å². The Balaban J connectivity index is 2.29. The maximum atomic E-state index is 9.40. The summed E-state index contributed by atoms with van der Waals surface area (Å²) in [6.45, 7) is 3.67. The van der Waals surface area contributed by atoms with Gasteiger partial charge in [-0.1, -0.05) is 0 Å². The van der Waals surface area contributed by atoms with Gasteiger partial charge >= 0.3 is 0 Å². The molecule has 1 atom stereocenters. The van der Waals surface area contributed by atoms with Crippen molar-refractivity contribution in [1.82, 2.24) is 10.3 Å². The summed E-state index contributed by atoms with van der Waals surface area (Å²) in [6, 6.07) is 1.98. The summed E-state index contributed by atoms with van der Waals surface area (Å²) in [5, 5.41) is 12.6. The van der Waals surface area contributed by atoms with Crippen molar-refractivity contribution in [3.8, 4) is 0 Å². The molecule has 4 heteroatoms. The Labute approximate surface area is 90.3 Å². The fourth-order valence-corrected chi connectivity index (χ4v) is 1.33. The number of methoxy groups -OCH3 is 1. The van der Waals surface area contributed by atoms with E-state index in [1.165, 1.54) is 5.56 Å². The highest BCUT2D eigenvalue weighted by Gasteiger charge is 2.03. The highest BCUT2D eigenvalue weighted by Crippen LogP contribution is 2.03. The van der Waals surface area contributed by atoms with E-state index in [9.17, 15) is 5.11 Å². The molecule has 15 heavy (non-hydrogen) atoms. The molecule has 0 aliphatic rings. The number of nitrogens with zero attached hydrogens (tertiary/aromatic N) is 1. The molecule has 84 valence electrons. The fraction of sp³-hybridized carbons (Fsp3) is 0.545. The molecule has 0 aromatic carbocycles. The van der Waals surface area contributed by atoms with Crippen LogP contribution >= 0.6 is 0 Å². The lowest BCUT2D eigenvalue weighted by atomic mass is 10.1. The largest absolute Gasteiger partial charge is 0.389 e. The number of nitrogens with one attached hydrogen (secondary N) is 1. The van der Waals surface area contributed by atoms with E-state index in [1.807, 2.05) is 19.2 Å². The van der Waals surface area contributed by atoms with Gasteiger partial charge in [0.15, 0.2) is 0 Å². The second-order valence-corrected chi connectivity index (χ2v) is 3.54. The van der Waals surface area contributed by atoms with Crippen molar-refractivity contribution in [2.75, 3.05) is 20.3 Å². The first-order chi connectivity index (χ1) is 7.24. The van der Waals surface area contributed by atoms with Gasteiger partial charge in [-0.15, -0.1) is 0 Å². The lowest BCUT2D eigenvalue weighted by Crippen LogP contribution is -2.29. The van der Waals surface area contributed by atoms with Crippen LogP contribution in [-0.4, -0.2) is 36.5 Å². The molecular weight excluding hydrogens is 192 g/mol. The fourth-order valence-electron chi connectivity index (χ4n) is 1.33. The number of aliphatic hydroxyl groups excluding tert-OH is 1. The van der Waals surface area contributed by atoms with Crippen molar-refractivity contribution in [1.29, 1.82) is 0 Å². The van der Waals surface area contributed by atoms with E-state index in [4.69, 9.17) is 4.74 Å². The summed E-state index contributed by atoms with van der Waals surface area (Å²) in [5.41, 5.74) is 2.36.